The highest BCUT2D eigenvalue weighted by Gasteiger charge is 2.42. The van der Waals surface area contributed by atoms with Gasteiger partial charge in [-0.05, 0) is 62.2 Å². The average molecular weight is 486 g/mol. The van der Waals surface area contributed by atoms with Crippen molar-refractivity contribution in [3.63, 3.8) is 0 Å². The Balaban J connectivity index is 1.32. The number of aryl methyl sites for hydroxylation is 2. The minimum Gasteiger partial charge on any atom is -0.492 e. The summed E-state index contributed by atoms with van der Waals surface area (Å²) in [7, 11) is 0. The third kappa shape index (κ3) is 6.30. The van der Waals surface area contributed by atoms with Crippen molar-refractivity contribution in [1.29, 1.82) is 0 Å². The highest BCUT2D eigenvalue weighted by molar-refractivity contribution is 6.30. The zero-order valence-electron chi connectivity index (χ0n) is 19.7. The number of hydrogen-bond acceptors (Lipinski definition) is 6. The van der Waals surface area contributed by atoms with Gasteiger partial charge in [-0.25, -0.2) is 0 Å². The van der Waals surface area contributed by atoms with Crippen LogP contribution in [0.3, 0.4) is 0 Å². The molecule has 7 nitrogen and oxygen atoms in total. The summed E-state index contributed by atoms with van der Waals surface area (Å²) in [5, 5.41) is 26.7. The second kappa shape index (κ2) is 10.8. The van der Waals surface area contributed by atoms with Crippen molar-refractivity contribution >= 4 is 11.6 Å². The monoisotopic (exact) mass is 485 g/mol. The first kappa shape index (κ1) is 24.5. The molecule has 1 aliphatic rings. The van der Waals surface area contributed by atoms with Crippen molar-refractivity contribution in [1.82, 2.24) is 14.7 Å². The lowest BCUT2D eigenvalue weighted by Gasteiger charge is -2.42. The summed E-state index contributed by atoms with van der Waals surface area (Å²) >= 11 is 6.01. The molecule has 3 aromatic rings. The van der Waals surface area contributed by atoms with Gasteiger partial charge < -0.3 is 19.7 Å². The van der Waals surface area contributed by atoms with E-state index in [1.165, 1.54) is 0 Å². The van der Waals surface area contributed by atoms with E-state index in [0.717, 1.165) is 22.7 Å². The molecule has 0 amide bonds. The maximum atomic E-state index is 11.1. The van der Waals surface area contributed by atoms with Crippen LogP contribution in [0.15, 0.2) is 54.6 Å². The van der Waals surface area contributed by atoms with Gasteiger partial charge in [-0.1, -0.05) is 29.8 Å². The van der Waals surface area contributed by atoms with Crippen molar-refractivity contribution < 1.29 is 19.7 Å². The Hall–Kier alpha value is -2.58. The molecule has 1 saturated heterocycles. The van der Waals surface area contributed by atoms with E-state index in [1.807, 2.05) is 42.8 Å². The fourth-order valence-electron chi connectivity index (χ4n) is 4.33. The Morgan fingerprint density at radius 1 is 1.09 bits per heavy atom. The number of aromatic nitrogens is 2. The van der Waals surface area contributed by atoms with Crippen LogP contribution in [0.5, 0.6) is 11.5 Å². The van der Waals surface area contributed by atoms with Gasteiger partial charge in [0.2, 0.25) is 0 Å². The van der Waals surface area contributed by atoms with Gasteiger partial charge in [0.15, 0.2) is 0 Å². The van der Waals surface area contributed by atoms with E-state index in [0.29, 0.717) is 50.0 Å². The lowest BCUT2D eigenvalue weighted by Crippen LogP contribution is -2.59. The topological polar surface area (TPSA) is 80.0 Å². The van der Waals surface area contributed by atoms with E-state index in [9.17, 15) is 10.2 Å². The molecule has 2 N–H and O–H groups in total. The fraction of sp³-hybridized carbons (Fsp3) is 0.423. The summed E-state index contributed by atoms with van der Waals surface area (Å²) in [5.41, 5.74) is 1.84. The van der Waals surface area contributed by atoms with Crippen molar-refractivity contribution in [2.24, 2.45) is 0 Å². The molecule has 1 fully saturated rings. The molecular weight excluding hydrogens is 454 g/mol. The molecule has 2 aromatic carbocycles. The van der Waals surface area contributed by atoms with Crippen LogP contribution < -0.4 is 9.47 Å². The third-order valence-electron chi connectivity index (χ3n) is 6.10. The van der Waals surface area contributed by atoms with E-state index in [1.54, 1.807) is 24.3 Å². The lowest BCUT2D eigenvalue weighted by molar-refractivity contribution is -0.140. The number of ether oxygens (including phenoxy) is 2. The van der Waals surface area contributed by atoms with Gasteiger partial charge in [0, 0.05) is 30.4 Å². The highest BCUT2D eigenvalue weighted by atomic mass is 35.5. The van der Waals surface area contributed by atoms with E-state index in [-0.39, 0.29) is 6.61 Å². The standard InChI is InChI=1S/C26H32ClN3O4/c1-19-13-20(2)30(28-19)11-12-33-23-7-3-5-21(14-23)16-29-10-9-25(31)26(32,17-29)18-34-24-8-4-6-22(27)15-24/h3-8,13-15,25,31-32H,9-12,16-18H2,1-2H3/t25-,26-/m0/s1. The van der Waals surface area contributed by atoms with Gasteiger partial charge in [0.05, 0.1) is 18.3 Å². The van der Waals surface area contributed by atoms with Gasteiger partial charge in [-0.2, -0.15) is 5.10 Å². The molecule has 4 rings (SSSR count). The second-order valence-corrected chi connectivity index (χ2v) is 9.45. The largest absolute Gasteiger partial charge is 0.492 e. The highest BCUT2D eigenvalue weighted by Crippen LogP contribution is 2.26. The molecule has 182 valence electrons. The molecule has 0 saturated carbocycles. The molecule has 2 heterocycles. The quantitative estimate of drug-likeness (QED) is 0.482. The van der Waals surface area contributed by atoms with Crippen LogP contribution in [0.25, 0.3) is 0 Å². The minimum absolute atomic E-state index is 0.0134. The second-order valence-electron chi connectivity index (χ2n) is 9.01. The number of aliphatic hydroxyl groups is 2. The Labute approximate surface area is 205 Å². The normalized spacial score (nSPS) is 20.9. The third-order valence-corrected chi connectivity index (χ3v) is 6.34. The summed E-state index contributed by atoms with van der Waals surface area (Å²) in [4.78, 5) is 2.13. The van der Waals surface area contributed by atoms with E-state index in [2.05, 4.69) is 16.1 Å². The SMILES string of the molecule is Cc1cc(C)n(CCOc2cccc(CN3CC[C@H](O)[C@@](O)(COc4cccc(Cl)c4)C3)c2)n1. The summed E-state index contributed by atoms with van der Waals surface area (Å²) in [5.74, 6) is 1.37. The smallest absolute Gasteiger partial charge is 0.137 e. The van der Waals surface area contributed by atoms with E-state index in [4.69, 9.17) is 21.1 Å². The number of likely N-dealkylation sites (tertiary alicyclic amines) is 1. The average Bonchev–Trinajstić information content (AvgIpc) is 3.12. The van der Waals surface area contributed by atoms with Gasteiger partial charge in [0.25, 0.3) is 0 Å². The molecule has 0 bridgehead atoms. The van der Waals surface area contributed by atoms with Crippen molar-refractivity contribution in [2.45, 2.75) is 45.1 Å². The first-order valence-electron chi connectivity index (χ1n) is 11.5. The van der Waals surface area contributed by atoms with Crippen LogP contribution in [0.4, 0.5) is 0 Å². The number of nitrogens with zero attached hydrogens (tertiary/aromatic N) is 3. The van der Waals surface area contributed by atoms with Crippen LogP contribution in [-0.2, 0) is 13.1 Å². The van der Waals surface area contributed by atoms with Crippen molar-refractivity contribution in [3.8, 4) is 11.5 Å². The van der Waals surface area contributed by atoms with Crippen LogP contribution >= 0.6 is 11.6 Å². The predicted octanol–water partition coefficient (Wildman–Crippen LogP) is 3.61. The minimum atomic E-state index is -1.37. The first-order valence-corrected chi connectivity index (χ1v) is 11.9. The summed E-state index contributed by atoms with van der Waals surface area (Å²) in [6.07, 6.45) is -0.388. The van der Waals surface area contributed by atoms with Crippen LogP contribution in [0.2, 0.25) is 5.02 Å². The number of hydrogen-bond donors (Lipinski definition) is 2. The molecule has 0 spiro atoms. The number of aliphatic hydroxyl groups excluding tert-OH is 1. The summed E-state index contributed by atoms with van der Waals surface area (Å²) < 4.78 is 13.7. The van der Waals surface area contributed by atoms with E-state index < -0.39 is 11.7 Å². The molecule has 0 aliphatic carbocycles. The van der Waals surface area contributed by atoms with Gasteiger partial charge in [-0.15, -0.1) is 0 Å². The maximum Gasteiger partial charge on any atom is 0.137 e. The molecule has 34 heavy (non-hydrogen) atoms. The molecule has 2 atom stereocenters. The van der Waals surface area contributed by atoms with Crippen molar-refractivity contribution in [2.75, 3.05) is 26.3 Å². The Bertz CT molecular complexity index is 1110. The summed E-state index contributed by atoms with van der Waals surface area (Å²) in [6, 6.07) is 17.1. The number of benzene rings is 2. The van der Waals surface area contributed by atoms with Crippen LogP contribution in [-0.4, -0.2) is 62.9 Å². The summed E-state index contributed by atoms with van der Waals surface area (Å²) in [6.45, 7) is 6.85. The number of halogens is 1. The Morgan fingerprint density at radius 2 is 1.85 bits per heavy atom. The molecule has 1 aliphatic heterocycles. The Kier molecular flexibility index (Phi) is 7.78. The number of rotatable bonds is 9. The lowest BCUT2D eigenvalue weighted by atomic mass is 9.90. The van der Waals surface area contributed by atoms with Crippen molar-refractivity contribution in [3.05, 3.63) is 76.6 Å². The molecule has 1 aromatic heterocycles. The van der Waals surface area contributed by atoms with Crippen LogP contribution in [0, 0.1) is 13.8 Å². The van der Waals surface area contributed by atoms with Crippen LogP contribution in [0.1, 0.15) is 23.4 Å². The molecule has 0 radical (unpaired) electrons. The maximum absolute atomic E-state index is 11.1. The zero-order valence-corrected chi connectivity index (χ0v) is 20.4. The molecule has 0 unspecified atom stereocenters. The number of β-amino-alcohol motifs (C(OH)–C–C–N with tert-alkyl or cyclic N) is 1. The predicted molar refractivity (Wildman–Crippen MR) is 131 cm³/mol. The molecule has 8 heteroatoms. The number of piperidine rings is 1. The zero-order chi connectivity index (χ0) is 24.1. The van der Waals surface area contributed by atoms with Gasteiger partial charge in [-0.3, -0.25) is 9.58 Å². The van der Waals surface area contributed by atoms with E-state index >= 15 is 0 Å². The Morgan fingerprint density at radius 3 is 2.59 bits per heavy atom. The molecular formula is C26H32ClN3O4. The van der Waals surface area contributed by atoms with Gasteiger partial charge >= 0.3 is 0 Å². The first-order chi connectivity index (χ1) is 16.3. The van der Waals surface area contributed by atoms with Gasteiger partial charge in [0.1, 0.15) is 30.3 Å². The fourth-order valence-corrected chi connectivity index (χ4v) is 4.51.